The van der Waals surface area contributed by atoms with E-state index in [1.807, 2.05) is 6.08 Å². The fraction of sp³-hybridized carbons (Fsp3) is 0.529. The quantitative estimate of drug-likeness (QED) is 0.628. The first-order valence-corrected chi connectivity index (χ1v) is 7.18. The Bertz CT molecular complexity index is 362. The van der Waals surface area contributed by atoms with Crippen LogP contribution >= 0.6 is 0 Å². The highest BCUT2D eigenvalue weighted by molar-refractivity contribution is 5.55. The van der Waals surface area contributed by atoms with Crippen molar-refractivity contribution in [3.05, 3.63) is 42.0 Å². The third-order valence-corrected chi connectivity index (χ3v) is 3.44. The lowest BCUT2D eigenvalue weighted by molar-refractivity contribution is 0.586. The van der Waals surface area contributed by atoms with Gasteiger partial charge in [-0.2, -0.15) is 0 Å². The summed E-state index contributed by atoms with van der Waals surface area (Å²) in [7, 11) is 0. The van der Waals surface area contributed by atoms with Gasteiger partial charge in [-0.25, -0.2) is 0 Å². The summed E-state index contributed by atoms with van der Waals surface area (Å²) in [5.41, 5.74) is 4.04. The number of anilines is 1. The van der Waals surface area contributed by atoms with Crippen LogP contribution in [0.2, 0.25) is 0 Å². The van der Waals surface area contributed by atoms with Crippen LogP contribution in [0.15, 0.2) is 30.9 Å². The van der Waals surface area contributed by atoms with Crippen molar-refractivity contribution in [3.8, 4) is 0 Å². The maximum atomic E-state index is 3.83. The third-order valence-electron chi connectivity index (χ3n) is 3.44. The van der Waals surface area contributed by atoms with Crippen LogP contribution in [-0.2, 0) is 6.42 Å². The van der Waals surface area contributed by atoms with E-state index in [-0.39, 0.29) is 0 Å². The Hall–Kier alpha value is -1.24. The van der Waals surface area contributed by atoms with Gasteiger partial charge in [-0.3, -0.25) is 0 Å². The van der Waals surface area contributed by atoms with E-state index in [0.717, 1.165) is 6.42 Å². The minimum absolute atomic E-state index is 0.609. The molecule has 1 aromatic carbocycles. The Morgan fingerprint density at radius 1 is 1.22 bits per heavy atom. The fourth-order valence-electron chi connectivity index (χ4n) is 2.42. The molecule has 0 aliphatic carbocycles. The van der Waals surface area contributed by atoms with Gasteiger partial charge in [-0.1, -0.05) is 44.9 Å². The first-order valence-electron chi connectivity index (χ1n) is 7.18. The second-order valence-electron chi connectivity index (χ2n) is 5.00. The summed E-state index contributed by atoms with van der Waals surface area (Å²) in [5.74, 6) is 0. The van der Waals surface area contributed by atoms with Crippen molar-refractivity contribution in [3.63, 3.8) is 0 Å². The van der Waals surface area contributed by atoms with Gasteiger partial charge in [0.05, 0.1) is 0 Å². The molecule has 1 N–H and O–H groups in total. The van der Waals surface area contributed by atoms with E-state index in [1.54, 1.807) is 0 Å². The molecule has 0 heterocycles. The average molecular weight is 245 g/mol. The van der Waals surface area contributed by atoms with E-state index in [1.165, 1.54) is 42.5 Å². The topological polar surface area (TPSA) is 12.0 Å². The molecule has 0 aromatic heterocycles. The van der Waals surface area contributed by atoms with Gasteiger partial charge in [0.1, 0.15) is 0 Å². The van der Waals surface area contributed by atoms with Crippen LogP contribution in [0.25, 0.3) is 0 Å². The lowest BCUT2D eigenvalue weighted by Crippen LogP contribution is -2.19. The number of hydrogen-bond donors (Lipinski definition) is 1. The molecule has 0 radical (unpaired) electrons. The van der Waals surface area contributed by atoms with Crippen LogP contribution in [-0.4, -0.2) is 6.04 Å². The monoisotopic (exact) mass is 245 g/mol. The Morgan fingerprint density at radius 2 is 1.89 bits per heavy atom. The van der Waals surface area contributed by atoms with E-state index in [4.69, 9.17) is 0 Å². The molecule has 1 nitrogen and oxygen atoms in total. The molecule has 1 aromatic rings. The van der Waals surface area contributed by atoms with Gasteiger partial charge in [-0.15, -0.1) is 6.58 Å². The maximum Gasteiger partial charge on any atom is 0.0374 e. The molecule has 0 aliphatic rings. The van der Waals surface area contributed by atoms with Crippen molar-refractivity contribution in [1.82, 2.24) is 0 Å². The Kier molecular flexibility index (Phi) is 6.56. The summed E-state index contributed by atoms with van der Waals surface area (Å²) in [6.45, 7) is 10.5. The van der Waals surface area contributed by atoms with E-state index in [0.29, 0.717) is 6.04 Å². The molecule has 0 unspecified atom stereocenters. The SMILES string of the molecule is C=CCc1cccc(NC(CCC)CCC)c1C. The first-order chi connectivity index (χ1) is 8.72. The second-order valence-corrected chi connectivity index (χ2v) is 5.00. The molecule has 1 heteroatoms. The van der Waals surface area contributed by atoms with Gasteiger partial charge >= 0.3 is 0 Å². The standard InChI is InChI=1S/C17H27N/c1-5-9-15-12-8-13-17(14(15)4)18-16(10-6-2)11-7-3/h5,8,12-13,16,18H,1,6-7,9-11H2,2-4H3. The molecule has 100 valence electrons. The van der Waals surface area contributed by atoms with Gasteiger partial charge in [0.25, 0.3) is 0 Å². The number of benzene rings is 1. The minimum Gasteiger partial charge on any atom is -0.382 e. The van der Waals surface area contributed by atoms with Crippen molar-refractivity contribution in [1.29, 1.82) is 0 Å². The van der Waals surface area contributed by atoms with Crippen LogP contribution in [0.5, 0.6) is 0 Å². The van der Waals surface area contributed by atoms with Crippen LogP contribution in [0.3, 0.4) is 0 Å². The van der Waals surface area contributed by atoms with Crippen molar-refractivity contribution >= 4 is 5.69 Å². The highest BCUT2D eigenvalue weighted by Gasteiger charge is 2.09. The number of hydrogen-bond acceptors (Lipinski definition) is 1. The largest absolute Gasteiger partial charge is 0.382 e. The van der Waals surface area contributed by atoms with Crippen molar-refractivity contribution < 1.29 is 0 Å². The number of allylic oxidation sites excluding steroid dienone is 1. The zero-order valence-corrected chi connectivity index (χ0v) is 12.1. The van der Waals surface area contributed by atoms with Gasteiger partial charge < -0.3 is 5.32 Å². The summed E-state index contributed by atoms with van der Waals surface area (Å²) in [6.07, 6.45) is 7.90. The summed E-state index contributed by atoms with van der Waals surface area (Å²) >= 11 is 0. The highest BCUT2D eigenvalue weighted by atomic mass is 14.9. The summed E-state index contributed by atoms with van der Waals surface area (Å²) in [6, 6.07) is 7.14. The average Bonchev–Trinajstić information content (AvgIpc) is 2.35. The highest BCUT2D eigenvalue weighted by Crippen LogP contribution is 2.22. The predicted molar refractivity (Wildman–Crippen MR) is 82.3 cm³/mol. The third kappa shape index (κ3) is 4.21. The molecule has 0 saturated heterocycles. The van der Waals surface area contributed by atoms with Crippen LogP contribution in [0.4, 0.5) is 5.69 Å². The Morgan fingerprint density at radius 3 is 2.44 bits per heavy atom. The fourth-order valence-corrected chi connectivity index (χ4v) is 2.42. The molecule has 0 atom stereocenters. The first kappa shape index (κ1) is 14.8. The molecule has 0 bridgehead atoms. The molecule has 0 saturated carbocycles. The van der Waals surface area contributed by atoms with Crippen LogP contribution in [0, 0.1) is 6.92 Å². The molecule has 18 heavy (non-hydrogen) atoms. The zero-order valence-electron chi connectivity index (χ0n) is 12.1. The Balaban J connectivity index is 2.81. The van der Waals surface area contributed by atoms with Gasteiger partial charge in [0, 0.05) is 11.7 Å². The lowest BCUT2D eigenvalue weighted by Gasteiger charge is -2.21. The van der Waals surface area contributed by atoms with Gasteiger partial charge in [0.2, 0.25) is 0 Å². The Labute approximate surface area is 112 Å². The van der Waals surface area contributed by atoms with Crippen molar-refractivity contribution in [2.75, 3.05) is 5.32 Å². The number of nitrogens with one attached hydrogen (secondary N) is 1. The summed E-state index contributed by atoms with van der Waals surface area (Å²) in [4.78, 5) is 0. The van der Waals surface area contributed by atoms with Gasteiger partial charge in [-0.05, 0) is 43.4 Å². The summed E-state index contributed by atoms with van der Waals surface area (Å²) < 4.78 is 0. The molecule has 0 amide bonds. The molecule has 0 aliphatic heterocycles. The smallest absolute Gasteiger partial charge is 0.0374 e. The van der Waals surface area contributed by atoms with Gasteiger partial charge in [0.15, 0.2) is 0 Å². The van der Waals surface area contributed by atoms with E-state index < -0.39 is 0 Å². The molecule has 0 spiro atoms. The van der Waals surface area contributed by atoms with E-state index in [2.05, 4.69) is 50.9 Å². The van der Waals surface area contributed by atoms with E-state index >= 15 is 0 Å². The molecule has 0 fully saturated rings. The van der Waals surface area contributed by atoms with E-state index in [9.17, 15) is 0 Å². The van der Waals surface area contributed by atoms with Crippen LogP contribution in [0.1, 0.15) is 50.7 Å². The second kappa shape index (κ2) is 7.97. The molecular formula is C17H27N. The van der Waals surface area contributed by atoms with Crippen molar-refractivity contribution in [2.45, 2.75) is 58.9 Å². The zero-order chi connectivity index (χ0) is 13.4. The molecular weight excluding hydrogens is 218 g/mol. The summed E-state index contributed by atoms with van der Waals surface area (Å²) in [5, 5.41) is 3.71. The maximum absolute atomic E-state index is 3.83. The predicted octanol–water partition coefficient (Wildman–Crippen LogP) is 5.10. The molecule has 1 rings (SSSR count). The van der Waals surface area contributed by atoms with Crippen molar-refractivity contribution in [2.24, 2.45) is 0 Å². The normalized spacial score (nSPS) is 10.7. The lowest BCUT2D eigenvalue weighted by atomic mass is 10.0. The van der Waals surface area contributed by atoms with Crippen LogP contribution < -0.4 is 5.32 Å². The number of rotatable bonds is 8. The minimum atomic E-state index is 0.609.